The number of benzene rings is 1. The van der Waals surface area contributed by atoms with E-state index in [1.54, 1.807) is 13.0 Å². The molecule has 6 nitrogen and oxygen atoms in total. The third-order valence-corrected chi connectivity index (χ3v) is 5.24. The molecule has 3 N–H and O–H groups in total. The first kappa shape index (κ1) is 24.2. The Morgan fingerprint density at radius 3 is 2.76 bits per heavy atom. The fraction of sp³-hybridized carbons (Fsp3) is 0.348. The SMILES string of the molecule is C\C=C/N=C\C(=C/N)C([O-])=NC1CCCC(Nc2cc(C(F)(F)F)nc3ccc(F)cc23)C1. The number of allylic oxidation sites excluding steroid dienone is 1. The van der Waals surface area contributed by atoms with Crippen LogP contribution in [0, 0.1) is 5.82 Å². The Labute approximate surface area is 188 Å². The molecule has 1 aliphatic carbocycles. The lowest BCUT2D eigenvalue weighted by atomic mass is 9.91. The van der Waals surface area contributed by atoms with Gasteiger partial charge in [-0.1, -0.05) is 6.08 Å². The number of anilines is 1. The van der Waals surface area contributed by atoms with Crippen molar-refractivity contribution in [3.63, 3.8) is 0 Å². The Morgan fingerprint density at radius 1 is 1.27 bits per heavy atom. The molecule has 33 heavy (non-hydrogen) atoms. The van der Waals surface area contributed by atoms with Gasteiger partial charge in [-0.15, -0.1) is 0 Å². The first-order valence-corrected chi connectivity index (χ1v) is 10.5. The number of nitrogens with one attached hydrogen (secondary N) is 1. The van der Waals surface area contributed by atoms with Crippen LogP contribution in [0.4, 0.5) is 23.2 Å². The van der Waals surface area contributed by atoms with Gasteiger partial charge in [0.1, 0.15) is 11.5 Å². The van der Waals surface area contributed by atoms with Gasteiger partial charge in [-0.05, 0) is 62.8 Å². The Bertz CT molecular complexity index is 1110. The van der Waals surface area contributed by atoms with E-state index in [0.29, 0.717) is 19.3 Å². The highest BCUT2D eigenvalue weighted by Gasteiger charge is 2.34. The highest BCUT2D eigenvalue weighted by atomic mass is 19.4. The van der Waals surface area contributed by atoms with E-state index in [2.05, 4.69) is 20.3 Å². The summed E-state index contributed by atoms with van der Waals surface area (Å²) >= 11 is 0. The molecule has 1 aliphatic rings. The summed E-state index contributed by atoms with van der Waals surface area (Å²) in [6.07, 6.45) is 3.49. The van der Waals surface area contributed by atoms with Crippen LogP contribution in [0.15, 0.2) is 58.3 Å². The maximum Gasteiger partial charge on any atom is 0.433 e. The molecule has 1 aromatic carbocycles. The molecule has 2 atom stereocenters. The van der Waals surface area contributed by atoms with Crippen molar-refractivity contribution in [3.8, 4) is 0 Å². The molecule has 0 amide bonds. The van der Waals surface area contributed by atoms with E-state index in [9.17, 15) is 22.7 Å². The van der Waals surface area contributed by atoms with Gasteiger partial charge < -0.3 is 16.2 Å². The second kappa shape index (κ2) is 10.5. The minimum Gasteiger partial charge on any atom is -0.858 e. The van der Waals surface area contributed by atoms with Crippen LogP contribution in [-0.4, -0.2) is 29.2 Å². The second-order valence-electron chi connectivity index (χ2n) is 7.69. The predicted octanol–water partition coefficient (Wildman–Crippen LogP) is 4.32. The summed E-state index contributed by atoms with van der Waals surface area (Å²) in [5.41, 5.74) is 4.78. The zero-order valence-corrected chi connectivity index (χ0v) is 17.9. The molecule has 10 heteroatoms. The number of alkyl halides is 3. The summed E-state index contributed by atoms with van der Waals surface area (Å²) in [6.45, 7) is 1.78. The number of aromatic nitrogens is 1. The predicted molar refractivity (Wildman–Crippen MR) is 119 cm³/mol. The molecule has 3 rings (SSSR count). The van der Waals surface area contributed by atoms with Crippen molar-refractivity contribution < 1.29 is 22.7 Å². The largest absolute Gasteiger partial charge is 0.858 e. The number of halogens is 4. The number of pyridine rings is 1. The molecule has 1 heterocycles. The van der Waals surface area contributed by atoms with Crippen molar-refractivity contribution >= 4 is 28.7 Å². The minimum atomic E-state index is -4.64. The third-order valence-electron chi connectivity index (χ3n) is 5.24. The van der Waals surface area contributed by atoms with Crippen molar-refractivity contribution in [1.82, 2.24) is 4.98 Å². The van der Waals surface area contributed by atoms with Crippen LogP contribution < -0.4 is 16.2 Å². The number of fused-ring (bicyclic) bond motifs is 1. The molecular formula is C23H24F4N5O-. The van der Waals surface area contributed by atoms with Crippen molar-refractivity contribution in [2.45, 2.75) is 50.9 Å². The van der Waals surface area contributed by atoms with Gasteiger partial charge in [0.15, 0.2) is 0 Å². The minimum absolute atomic E-state index is 0.0408. The molecule has 0 radical (unpaired) electrons. The van der Waals surface area contributed by atoms with Crippen LogP contribution in [0.2, 0.25) is 0 Å². The van der Waals surface area contributed by atoms with Gasteiger partial charge in [-0.25, -0.2) is 9.37 Å². The fourth-order valence-corrected chi connectivity index (χ4v) is 3.71. The lowest BCUT2D eigenvalue weighted by Crippen LogP contribution is -2.32. The van der Waals surface area contributed by atoms with Gasteiger partial charge in [0.2, 0.25) is 0 Å². The van der Waals surface area contributed by atoms with Gasteiger partial charge in [-0.2, -0.15) is 13.2 Å². The van der Waals surface area contributed by atoms with Crippen LogP contribution in [0.25, 0.3) is 10.9 Å². The van der Waals surface area contributed by atoms with Gasteiger partial charge in [-0.3, -0.25) is 9.98 Å². The topological polar surface area (TPSA) is 98.7 Å². The Kier molecular flexibility index (Phi) is 7.67. The first-order chi connectivity index (χ1) is 15.7. The normalized spacial score (nSPS) is 20.8. The summed E-state index contributed by atoms with van der Waals surface area (Å²) < 4.78 is 53.8. The van der Waals surface area contributed by atoms with Gasteiger partial charge >= 0.3 is 6.18 Å². The van der Waals surface area contributed by atoms with Crippen molar-refractivity contribution in [2.75, 3.05) is 5.32 Å². The third kappa shape index (κ3) is 6.30. The molecule has 176 valence electrons. The van der Waals surface area contributed by atoms with Crippen LogP contribution in [0.3, 0.4) is 0 Å². The molecule has 1 aromatic heterocycles. The van der Waals surface area contributed by atoms with E-state index in [1.165, 1.54) is 18.5 Å². The summed E-state index contributed by atoms with van der Waals surface area (Å²) in [6, 6.07) is 3.75. The van der Waals surface area contributed by atoms with E-state index in [0.717, 1.165) is 30.8 Å². The second-order valence-corrected chi connectivity index (χ2v) is 7.69. The van der Waals surface area contributed by atoms with Gasteiger partial charge in [0, 0.05) is 41.3 Å². The number of hydrogen-bond donors (Lipinski definition) is 2. The number of nitrogens with two attached hydrogens (primary N) is 1. The fourth-order valence-electron chi connectivity index (χ4n) is 3.71. The maximum atomic E-state index is 13.8. The van der Waals surface area contributed by atoms with Crippen LogP contribution in [0.5, 0.6) is 0 Å². The highest BCUT2D eigenvalue weighted by molar-refractivity contribution is 6.10. The average Bonchev–Trinajstić information content (AvgIpc) is 2.76. The Hall–Kier alpha value is -3.43. The van der Waals surface area contributed by atoms with E-state index in [-0.39, 0.29) is 34.2 Å². The van der Waals surface area contributed by atoms with E-state index in [4.69, 9.17) is 5.73 Å². The summed E-state index contributed by atoms with van der Waals surface area (Å²) in [4.78, 5) is 11.8. The molecule has 0 bridgehead atoms. The van der Waals surface area contributed by atoms with Crippen LogP contribution in [0.1, 0.15) is 38.3 Å². The van der Waals surface area contributed by atoms with Crippen LogP contribution in [-0.2, 0) is 6.18 Å². The monoisotopic (exact) mass is 462 g/mol. The Balaban J connectivity index is 1.83. The molecule has 1 fully saturated rings. The lowest BCUT2D eigenvalue weighted by Gasteiger charge is -2.30. The number of rotatable bonds is 6. The van der Waals surface area contributed by atoms with Gasteiger partial charge in [0.05, 0.1) is 11.6 Å². The lowest BCUT2D eigenvalue weighted by molar-refractivity contribution is -0.213. The summed E-state index contributed by atoms with van der Waals surface area (Å²) in [7, 11) is 0. The van der Waals surface area contributed by atoms with Crippen molar-refractivity contribution in [3.05, 3.63) is 59.8 Å². The average molecular weight is 462 g/mol. The molecule has 0 spiro atoms. The number of hydrogen-bond acceptors (Lipinski definition) is 6. The molecule has 0 aliphatic heterocycles. The smallest absolute Gasteiger partial charge is 0.433 e. The van der Waals surface area contributed by atoms with E-state index >= 15 is 0 Å². The summed E-state index contributed by atoms with van der Waals surface area (Å²) in [5, 5.41) is 15.8. The van der Waals surface area contributed by atoms with Gasteiger partial charge in [0.25, 0.3) is 0 Å². The van der Waals surface area contributed by atoms with Crippen molar-refractivity contribution in [1.29, 1.82) is 0 Å². The first-order valence-electron chi connectivity index (χ1n) is 10.5. The quantitative estimate of drug-likeness (QED) is 0.379. The highest BCUT2D eigenvalue weighted by Crippen LogP contribution is 2.35. The molecular weight excluding hydrogens is 438 g/mol. The van der Waals surface area contributed by atoms with E-state index in [1.807, 2.05) is 0 Å². The summed E-state index contributed by atoms with van der Waals surface area (Å²) in [5.74, 6) is -1.08. The molecule has 2 unspecified atom stereocenters. The zero-order chi connectivity index (χ0) is 24.0. The molecule has 2 aromatic rings. The zero-order valence-electron chi connectivity index (χ0n) is 17.9. The van der Waals surface area contributed by atoms with Crippen molar-refractivity contribution in [2.24, 2.45) is 15.7 Å². The standard InChI is InChI=1S/C23H25F4N5O/c1-2-8-29-13-14(12-28)22(33)31-17-5-3-4-16(10-17)30-20-11-21(23(25,26)27)32-19-7-6-15(24)9-18(19)20/h2,6-9,11-13,16-17H,3-5,10,28H2,1H3,(H,30,32)(H,31,33)/p-1/b8-2-,14-12+,29-13-. The maximum absolute atomic E-state index is 13.8. The number of aliphatic imine (C=N–C) groups is 2. The Morgan fingerprint density at radius 2 is 2.06 bits per heavy atom. The molecule has 0 saturated heterocycles. The molecule has 1 saturated carbocycles. The van der Waals surface area contributed by atoms with Crippen LogP contribution >= 0.6 is 0 Å². The number of nitrogens with zero attached hydrogens (tertiary/aromatic N) is 3. The van der Waals surface area contributed by atoms with E-state index < -0.39 is 23.6 Å².